The Morgan fingerprint density at radius 3 is 2.50 bits per heavy atom. The molecule has 24 heavy (non-hydrogen) atoms. The highest BCUT2D eigenvalue weighted by molar-refractivity contribution is 7.90. The minimum atomic E-state index is -3.68. The molecule has 1 aliphatic heterocycles. The first-order valence-corrected chi connectivity index (χ1v) is 9.34. The Morgan fingerprint density at radius 1 is 1.00 bits per heavy atom. The Morgan fingerprint density at radius 2 is 1.75 bits per heavy atom. The second-order valence-corrected chi connectivity index (χ2v) is 7.55. The summed E-state index contributed by atoms with van der Waals surface area (Å²) in [5.41, 5.74) is 1.69. The molecular weight excluding hydrogens is 324 g/mol. The van der Waals surface area contributed by atoms with Gasteiger partial charge in [-0.1, -0.05) is 18.2 Å². The van der Waals surface area contributed by atoms with E-state index in [2.05, 4.69) is 15.3 Å². The van der Waals surface area contributed by atoms with Gasteiger partial charge in [-0.25, -0.2) is 0 Å². The zero-order valence-electron chi connectivity index (χ0n) is 13.1. The summed E-state index contributed by atoms with van der Waals surface area (Å²) in [4.78, 5) is 2.53. The minimum Gasteiger partial charge on any atom is -0.369 e. The first-order valence-electron chi connectivity index (χ1n) is 7.90. The summed E-state index contributed by atoms with van der Waals surface area (Å²) in [5.74, 6) is 0. The lowest BCUT2D eigenvalue weighted by Crippen LogP contribution is -2.43. The molecule has 4 rings (SSSR count). The lowest BCUT2D eigenvalue weighted by molar-refractivity contribution is 0.582. The molecule has 0 radical (unpaired) electrons. The highest BCUT2D eigenvalue weighted by Gasteiger charge is 2.20. The molecule has 0 spiro atoms. The molecule has 6 nitrogen and oxygen atoms in total. The Kier molecular flexibility index (Phi) is 3.74. The number of fused-ring (bicyclic) bond motifs is 1. The number of benzene rings is 2. The van der Waals surface area contributed by atoms with Gasteiger partial charge in [-0.15, -0.1) is 0 Å². The molecule has 124 valence electrons. The fraction of sp³-hybridized carbons (Fsp3) is 0.235. The largest absolute Gasteiger partial charge is 0.369 e. The molecule has 0 aliphatic carbocycles. The summed E-state index contributed by atoms with van der Waals surface area (Å²) in [6.45, 7) is 3.81. The Labute approximate surface area is 140 Å². The first-order chi connectivity index (χ1) is 11.7. The van der Waals surface area contributed by atoms with E-state index in [4.69, 9.17) is 0 Å². The van der Waals surface area contributed by atoms with Gasteiger partial charge in [0.05, 0.1) is 16.6 Å². The zero-order chi connectivity index (χ0) is 16.6. The van der Waals surface area contributed by atoms with Crippen molar-refractivity contribution in [1.29, 1.82) is 0 Å². The van der Waals surface area contributed by atoms with E-state index in [-0.39, 0.29) is 4.90 Å². The second kappa shape index (κ2) is 5.92. The Bertz CT molecular complexity index is 961. The van der Waals surface area contributed by atoms with E-state index in [1.54, 1.807) is 36.5 Å². The summed E-state index contributed by atoms with van der Waals surface area (Å²) in [6, 6.07) is 14.2. The predicted molar refractivity (Wildman–Crippen MR) is 93.8 cm³/mol. The van der Waals surface area contributed by atoms with Crippen LogP contribution in [0.1, 0.15) is 0 Å². The maximum atomic E-state index is 12.8. The van der Waals surface area contributed by atoms with Crippen LogP contribution < -0.4 is 10.2 Å². The van der Waals surface area contributed by atoms with Gasteiger partial charge in [0, 0.05) is 37.3 Å². The van der Waals surface area contributed by atoms with Crippen molar-refractivity contribution in [1.82, 2.24) is 14.5 Å². The molecule has 1 aromatic heterocycles. The molecule has 0 saturated carbocycles. The maximum Gasteiger partial charge on any atom is 0.283 e. The lowest BCUT2D eigenvalue weighted by atomic mass is 10.2. The van der Waals surface area contributed by atoms with E-state index in [1.165, 1.54) is 0 Å². The van der Waals surface area contributed by atoms with E-state index in [9.17, 15) is 8.42 Å². The highest BCUT2D eigenvalue weighted by Crippen LogP contribution is 2.25. The van der Waals surface area contributed by atoms with Crippen LogP contribution in [-0.4, -0.2) is 43.8 Å². The summed E-state index contributed by atoms with van der Waals surface area (Å²) in [7, 11) is -3.68. The van der Waals surface area contributed by atoms with Gasteiger partial charge in [-0.2, -0.15) is 17.6 Å². The summed E-state index contributed by atoms with van der Waals surface area (Å²) >= 11 is 0. The molecule has 1 fully saturated rings. The smallest absolute Gasteiger partial charge is 0.283 e. The number of rotatable bonds is 3. The molecule has 1 aliphatic rings. The van der Waals surface area contributed by atoms with Crippen LogP contribution in [0.15, 0.2) is 59.6 Å². The molecule has 2 aromatic carbocycles. The fourth-order valence-electron chi connectivity index (χ4n) is 3.00. The number of aromatic nitrogens is 2. The van der Waals surface area contributed by atoms with E-state index in [0.717, 1.165) is 41.3 Å². The molecule has 0 bridgehead atoms. The van der Waals surface area contributed by atoms with Crippen LogP contribution in [0.4, 0.5) is 5.69 Å². The summed E-state index contributed by atoms with van der Waals surface area (Å²) in [5, 5.41) is 8.28. The van der Waals surface area contributed by atoms with Crippen LogP contribution in [0.25, 0.3) is 10.9 Å². The predicted octanol–water partition coefficient (Wildman–Crippen LogP) is 1.68. The van der Waals surface area contributed by atoms with Crippen LogP contribution in [0.3, 0.4) is 0 Å². The van der Waals surface area contributed by atoms with Crippen LogP contribution in [0.5, 0.6) is 0 Å². The van der Waals surface area contributed by atoms with Gasteiger partial charge in [0.1, 0.15) is 0 Å². The van der Waals surface area contributed by atoms with Gasteiger partial charge in [0.2, 0.25) is 0 Å². The third-order valence-corrected chi connectivity index (χ3v) is 5.88. The van der Waals surface area contributed by atoms with Gasteiger partial charge in [0.15, 0.2) is 0 Å². The number of nitrogens with one attached hydrogen (secondary N) is 1. The monoisotopic (exact) mass is 342 g/mol. The third kappa shape index (κ3) is 2.55. The van der Waals surface area contributed by atoms with Crippen molar-refractivity contribution in [3.8, 4) is 0 Å². The lowest BCUT2D eigenvalue weighted by Gasteiger charge is -2.29. The number of piperazine rings is 1. The normalized spacial score (nSPS) is 15.8. The third-order valence-electron chi connectivity index (χ3n) is 4.27. The molecule has 0 amide bonds. The van der Waals surface area contributed by atoms with Crippen LogP contribution in [0, 0.1) is 0 Å². The van der Waals surface area contributed by atoms with Crippen molar-refractivity contribution in [3.63, 3.8) is 0 Å². The average molecular weight is 342 g/mol. The topological polar surface area (TPSA) is 67.2 Å². The summed E-state index contributed by atoms with van der Waals surface area (Å²) in [6.07, 6.45) is 1.61. The number of anilines is 1. The minimum absolute atomic E-state index is 0.237. The van der Waals surface area contributed by atoms with Gasteiger partial charge in [-0.05, 0) is 30.3 Å². The quantitative estimate of drug-likeness (QED) is 0.784. The Hall–Kier alpha value is -2.38. The zero-order valence-corrected chi connectivity index (χ0v) is 13.9. The van der Waals surface area contributed by atoms with E-state index in [1.807, 2.05) is 18.2 Å². The van der Waals surface area contributed by atoms with E-state index >= 15 is 0 Å². The van der Waals surface area contributed by atoms with Gasteiger partial charge < -0.3 is 10.2 Å². The molecule has 0 unspecified atom stereocenters. The van der Waals surface area contributed by atoms with E-state index < -0.39 is 10.0 Å². The second-order valence-electron chi connectivity index (χ2n) is 5.79. The molecule has 0 atom stereocenters. The van der Waals surface area contributed by atoms with Gasteiger partial charge in [0.25, 0.3) is 10.0 Å². The number of nitrogens with zero attached hydrogens (tertiary/aromatic N) is 3. The molecule has 2 heterocycles. The van der Waals surface area contributed by atoms with Crippen molar-refractivity contribution < 1.29 is 8.42 Å². The van der Waals surface area contributed by atoms with Crippen LogP contribution in [0.2, 0.25) is 0 Å². The molecule has 1 saturated heterocycles. The first kappa shape index (κ1) is 15.2. The molecular formula is C17H18N4O2S. The molecule has 3 aromatic rings. The van der Waals surface area contributed by atoms with Gasteiger partial charge >= 0.3 is 0 Å². The van der Waals surface area contributed by atoms with Crippen LogP contribution >= 0.6 is 0 Å². The van der Waals surface area contributed by atoms with Crippen molar-refractivity contribution >= 4 is 26.6 Å². The molecule has 1 N–H and O–H groups in total. The van der Waals surface area contributed by atoms with Crippen LogP contribution in [-0.2, 0) is 10.0 Å². The SMILES string of the molecule is O=S(=O)(c1ccccc1)n1ncc2cc(N3CCNCC3)ccc21. The van der Waals surface area contributed by atoms with Crippen molar-refractivity contribution in [3.05, 3.63) is 54.7 Å². The van der Waals surface area contributed by atoms with Gasteiger partial charge in [-0.3, -0.25) is 0 Å². The highest BCUT2D eigenvalue weighted by atomic mass is 32.2. The van der Waals surface area contributed by atoms with Crippen molar-refractivity contribution in [2.75, 3.05) is 31.1 Å². The van der Waals surface area contributed by atoms with Crippen molar-refractivity contribution in [2.24, 2.45) is 0 Å². The summed E-state index contributed by atoms with van der Waals surface area (Å²) < 4.78 is 26.7. The van der Waals surface area contributed by atoms with Crippen molar-refractivity contribution in [2.45, 2.75) is 4.90 Å². The molecule has 7 heteroatoms. The Balaban J connectivity index is 1.76. The fourth-order valence-corrected chi connectivity index (χ4v) is 4.30. The number of hydrogen-bond acceptors (Lipinski definition) is 5. The number of hydrogen-bond donors (Lipinski definition) is 1. The maximum absolute atomic E-state index is 12.8. The average Bonchev–Trinajstić information content (AvgIpc) is 3.07. The standard InChI is InChI=1S/C17H18N4O2S/c22-24(23,16-4-2-1-3-5-16)21-17-7-6-15(12-14(17)13-19-21)20-10-8-18-9-11-20/h1-7,12-13,18H,8-11H2. The van der Waals surface area contributed by atoms with E-state index in [0.29, 0.717) is 5.52 Å².